The fourth-order valence-corrected chi connectivity index (χ4v) is 4.81. The van der Waals surface area contributed by atoms with Crippen molar-refractivity contribution in [3.8, 4) is 5.75 Å². The molecule has 1 atom stereocenters. The molecule has 1 aliphatic rings. The van der Waals surface area contributed by atoms with Crippen LogP contribution in [0.1, 0.15) is 32.4 Å². The Bertz CT molecular complexity index is 1070. The van der Waals surface area contributed by atoms with Gasteiger partial charge in [0.1, 0.15) is 17.7 Å². The summed E-state index contributed by atoms with van der Waals surface area (Å²) in [6.07, 6.45) is 0. The summed E-state index contributed by atoms with van der Waals surface area (Å²) in [6, 6.07) is 25.3. The second-order valence-electron chi connectivity index (χ2n) is 7.66. The molecule has 5 nitrogen and oxygen atoms in total. The SMILES string of the molecule is Cc1ccccc1OCCNC(=O)c1ccc([C@H]2SCC(=O)N2Cc2ccccc2)cc1. The number of rotatable bonds is 8. The second kappa shape index (κ2) is 10.4. The van der Waals surface area contributed by atoms with Gasteiger partial charge in [-0.15, -0.1) is 11.8 Å². The zero-order chi connectivity index (χ0) is 22.3. The molecule has 0 spiro atoms. The summed E-state index contributed by atoms with van der Waals surface area (Å²) in [4.78, 5) is 26.8. The van der Waals surface area contributed by atoms with Gasteiger partial charge in [-0.3, -0.25) is 9.59 Å². The van der Waals surface area contributed by atoms with Crippen molar-refractivity contribution in [1.29, 1.82) is 0 Å². The van der Waals surface area contributed by atoms with Crippen molar-refractivity contribution in [2.75, 3.05) is 18.9 Å². The molecule has 0 radical (unpaired) electrons. The van der Waals surface area contributed by atoms with Crippen LogP contribution in [0.25, 0.3) is 0 Å². The maximum atomic E-state index is 12.5. The monoisotopic (exact) mass is 446 g/mol. The number of nitrogens with one attached hydrogen (secondary N) is 1. The topological polar surface area (TPSA) is 58.6 Å². The summed E-state index contributed by atoms with van der Waals surface area (Å²) in [5, 5.41) is 2.85. The van der Waals surface area contributed by atoms with Gasteiger partial charge >= 0.3 is 0 Å². The van der Waals surface area contributed by atoms with Crippen molar-refractivity contribution < 1.29 is 14.3 Å². The summed E-state index contributed by atoms with van der Waals surface area (Å²) < 4.78 is 5.73. The zero-order valence-electron chi connectivity index (χ0n) is 18.0. The van der Waals surface area contributed by atoms with Crippen molar-refractivity contribution in [3.05, 3.63) is 101 Å². The van der Waals surface area contributed by atoms with E-state index in [2.05, 4.69) is 5.32 Å². The number of nitrogens with zero attached hydrogens (tertiary/aromatic N) is 1. The molecule has 1 fully saturated rings. The Hall–Kier alpha value is -3.25. The van der Waals surface area contributed by atoms with Gasteiger partial charge in [-0.25, -0.2) is 0 Å². The minimum Gasteiger partial charge on any atom is -0.491 e. The molecule has 0 bridgehead atoms. The molecule has 6 heteroatoms. The van der Waals surface area contributed by atoms with Crippen LogP contribution < -0.4 is 10.1 Å². The summed E-state index contributed by atoms with van der Waals surface area (Å²) in [7, 11) is 0. The van der Waals surface area contributed by atoms with Crippen LogP contribution in [0.5, 0.6) is 5.75 Å². The van der Waals surface area contributed by atoms with Crippen molar-refractivity contribution in [2.24, 2.45) is 0 Å². The highest BCUT2D eigenvalue weighted by Gasteiger charge is 2.32. The Morgan fingerprint density at radius 3 is 2.50 bits per heavy atom. The third-order valence-electron chi connectivity index (χ3n) is 5.36. The van der Waals surface area contributed by atoms with E-state index in [1.165, 1.54) is 0 Å². The average molecular weight is 447 g/mol. The Labute approximate surface area is 192 Å². The van der Waals surface area contributed by atoms with Gasteiger partial charge in [-0.05, 0) is 41.8 Å². The number of hydrogen-bond donors (Lipinski definition) is 1. The molecule has 2 amide bonds. The lowest BCUT2D eigenvalue weighted by Gasteiger charge is -2.24. The van der Waals surface area contributed by atoms with E-state index in [4.69, 9.17) is 4.74 Å². The Balaban J connectivity index is 1.32. The van der Waals surface area contributed by atoms with E-state index in [0.717, 1.165) is 22.4 Å². The molecular weight excluding hydrogens is 420 g/mol. The maximum absolute atomic E-state index is 12.5. The van der Waals surface area contributed by atoms with E-state index in [9.17, 15) is 9.59 Å². The largest absolute Gasteiger partial charge is 0.491 e. The predicted molar refractivity (Wildman–Crippen MR) is 128 cm³/mol. The third kappa shape index (κ3) is 5.32. The van der Waals surface area contributed by atoms with E-state index in [1.807, 2.05) is 90.7 Å². The second-order valence-corrected chi connectivity index (χ2v) is 8.73. The first-order valence-electron chi connectivity index (χ1n) is 10.6. The van der Waals surface area contributed by atoms with Crippen LogP contribution in [-0.2, 0) is 11.3 Å². The van der Waals surface area contributed by atoms with E-state index < -0.39 is 0 Å². The number of hydrogen-bond acceptors (Lipinski definition) is 4. The first-order chi connectivity index (χ1) is 15.6. The van der Waals surface area contributed by atoms with Crippen molar-refractivity contribution in [3.63, 3.8) is 0 Å². The van der Waals surface area contributed by atoms with Gasteiger partial charge in [0.2, 0.25) is 5.91 Å². The Morgan fingerprint density at radius 1 is 1.03 bits per heavy atom. The molecule has 32 heavy (non-hydrogen) atoms. The van der Waals surface area contributed by atoms with Gasteiger partial charge in [0, 0.05) is 12.1 Å². The van der Waals surface area contributed by atoms with E-state index in [0.29, 0.717) is 31.0 Å². The van der Waals surface area contributed by atoms with Gasteiger partial charge < -0.3 is 15.0 Å². The van der Waals surface area contributed by atoms with Crippen molar-refractivity contribution in [1.82, 2.24) is 10.2 Å². The number of carbonyl (C=O) groups is 2. The first kappa shape index (κ1) is 22.0. The molecule has 4 rings (SSSR count). The first-order valence-corrected chi connectivity index (χ1v) is 11.7. The molecule has 0 saturated carbocycles. The third-order valence-corrected chi connectivity index (χ3v) is 6.62. The summed E-state index contributed by atoms with van der Waals surface area (Å²) in [6.45, 7) is 3.41. The minimum atomic E-state index is -0.138. The Morgan fingerprint density at radius 2 is 1.75 bits per heavy atom. The van der Waals surface area contributed by atoms with Crippen molar-refractivity contribution >= 4 is 23.6 Å². The molecule has 164 valence electrons. The summed E-state index contributed by atoms with van der Waals surface area (Å²) in [5.41, 5.74) is 3.79. The molecule has 0 aromatic heterocycles. The number of aryl methyl sites for hydroxylation is 1. The average Bonchev–Trinajstić information content (AvgIpc) is 3.18. The van der Waals surface area contributed by atoms with Gasteiger partial charge in [-0.2, -0.15) is 0 Å². The van der Waals surface area contributed by atoms with E-state index in [1.54, 1.807) is 11.8 Å². The van der Waals surface area contributed by atoms with E-state index >= 15 is 0 Å². The van der Waals surface area contributed by atoms with Gasteiger partial charge in [0.15, 0.2) is 0 Å². The highest BCUT2D eigenvalue weighted by atomic mass is 32.2. The Kier molecular flexibility index (Phi) is 7.12. The van der Waals surface area contributed by atoms with Gasteiger partial charge in [-0.1, -0.05) is 60.7 Å². The number of para-hydroxylation sites is 1. The van der Waals surface area contributed by atoms with E-state index in [-0.39, 0.29) is 17.2 Å². The van der Waals surface area contributed by atoms with Gasteiger partial charge in [0.05, 0.1) is 12.3 Å². The molecule has 1 N–H and O–H groups in total. The summed E-state index contributed by atoms with van der Waals surface area (Å²) >= 11 is 1.62. The van der Waals surface area contributed by atoms with Crippen LogP contribution in [0, 0.1) is 6.92 Å². The van der Waals surface area contributed by atoms with Crippen LogP contribution in [0.4, 0.5) is 0 Å². The molecule has 0 aliphatic carbocycles. The lowest BCUT2D eigenvalue weighted by Crippen LogP contribution is -2.28. The number of carbonyl (C=O) groups excluding carboxylic acids is 2. The number of amides is 2. The molecule has 1 saturated heterocycles. The highest BCUT2D eigenvalue weighted by molar-refractivity contribution is 8.00. The zero-order valence-corrected chi connectivity index (χ0v) is 18.8. The quantitative estimate of drug-likeness (QED) is 0.515. The van der Waals surface area contributed by atoms with Crippen LogP contribution in [0.15, 0.2) is 78.9 Å². The molecule has 0 unspecified atom stereocenters. The number of thioether (sulfide) groups is 1. The minimum absolute atomic E-state index is 0.0395. The standard InChI is InChI=1S/C26H26N2O3S/c1-19-7-5-6-10-23(19)31-16-15-27-25(30)21-11-13-22(14-12-21)26-28(24(29)18-32-26)17-20-8-3-2-4-9-20/h2-14,26H,15-18H2,1H3,(H,27,30)/t26-/m1/s1. The molecular formula is C26H26N2O3S. The smallest absolute Gasteiger partial charge is 0.251 e. The van der Waals surface area contributed by atoms with Crippen LogP contribution in [0.3, 0.4) is 0 Å². The molecule has 3 aromatic carbocycles. The lowest BCUT2D eigenvalue weighted by molar-refractivity contribution is -0.128. The fourth-order valence-electron chi connectivity index (χ4n) is 3.63. The lowest BCUT2D eigenvalue weighted by atomic mass is 10.1. The fraction of sp³-hybridized carbons (Fsp3) is 0.231. The van der Waals surface area contributed by atoms with Crippen LogP contribution in [-0.4, -0.2) is 35.6 Å². The molecule has 1 aliphatic heterocycles. The highest BCUT2D eigenvalue weighted by Crippen LogP contribution is 2.39. The number of benzene rings is 3. The summed E-state index contributed by atoms with van der Waals surface area (Å²) in [5.74, 6) is 1.30. The number of ether oxygens (including phenoxy) is 1. The van der Waals surface area contributed by atoms with Crippen molar-refractivity contribution in [2.45, 2.75) is 18.8 Å². The van der Waals surface area contributed by atoms with Crippen LogP contribution >= 0.6 is 11.8 Å². The van der Waals surface area contributed by atoms with Gasteiger partial charge in [0.25, 0.3) is 5.91 Å². The predicted octanol–water partition coefficient (Wildman–Crippen LogP) is 4.58. The molecule has 3 aromatic rings. The molecule has 1 heterocycles. The normalized spacial score (nSPS) is 15.6. The van der Waals surface area contributed by atoms with Crippen LogP contribution in [0.2, 0.25) is 0 Å². The maximum Gasteiger partial charge on any atom is 0.251 e.